The zero-order valence-electron chi connectivity index (χ0n) is 18.2. The van der Waals surface area contributed by atoms with E-state index in [0.717, 1.165) is 29.6 Å². The number of guanidine groups is 1. The number of Topliss-reactive ketones (excluding diaryl/α,β-unsaturated/α-hetero) is 1. The van der Waals surface area contributed by atoms with Crippen molar-refractivity contribution >= 4 is 40.5 Å². The Morgan fingerprint density at radius 2 is 2.21 bits per heavy atom. The highest BCUT2D eigenvalue weighted by Crippen LogP contribution is 2.24. The van der Waals surface area contributed by atoms with Crippen LogP contribution in [0.4, 0.5) is 5.69 Å². The molecule has 33 heavy (non-hydrogen) atoms. The molecule has 0 bridgehead atoms. The summed E-state index contributed by atoms with van der Waals surface area (Å²) in [5.41, 5.74) is 1.78. The fraction of sp³-hybridized carbons (Fsp3) is 0.292. The third-order valence-electron chi connectivity index (χ3n) is 5.40. The minimum Gasteiger partial charge on any atom is -0.472 e. The van der Waals surface area contributed by atoms with Gasteiger partial charge in [-0.1, -0.05) is 6.42 Å². The van der Waals surface area contributed by atoms with Gasteiger partial charge in [-0.3, -0.25) is 14.9 Å². The Hall–Kier alpha value is -4.19. The Bertz CT molecular complexity index is 1250. The predicted molar refractivity (Wildman–Crippen MR) is 122 cm³/mol. The number of hydrogen-bond donors (Lipinski definition) is 1. The van der Waals surface area contributed by atoms with Crippen molar-refractivity contribution in [2.24, 2.45) is 15.9 Å². The number of aryl methyl sites for hydroxylation is 1. The van der Waals surface area contributed by atoms with Gasteiger partial charge in [-0.2, -0.15) is 5.26 Å². The second kappa shape index (κ2) is 9.96. The van der Waals surface area contributed by atoms with E-state index in [-0.39, 0.29) is 24.2 Å². The fourth-order valence-electron chi connectivity index (χ4n) is 3.77. The summed E-state index contributed by atoms with van der Waals surface area (Å²) >= 11 is 0. The van der Waals surface area contributed by atoms with Crippen molar-refractivity contribution in [3.05, 3.63) is 54.2 Å². The summed E-state index contributed by atoms with van der Waals surface area (Å²) < 4.78 is 10.5. The molecule has 0 saturated carbocycles. The van der Waals surface area contributed by atoms with E-state index >= 15 is 0 Å². The number of furan rings is 2. The quantitative estimate of drug-likeness (QED) is 0.208. The molecule has 168 valence electrons. The van der Waals surface area contributed by atoms with Crippen LogP contribution in [0.5, 0.6) is 0 Å². The topological polar surface area (TPSA) is 124 Å². The summed E-state index contributed by atoms with van der Waals surface area (Å²) in [7, 11) is 0. The maximum atomic E-state index is 13.1. The van der Waals surface area contributed by atoms with Crippen molar-refractivity contribution in [3.8, 4) is 6.19 Å². The third kappa shape index (κ3) is 5.36. The summed E-state index contributed by atoms with van der Waals surface area (Å²) in [6.07, 6.45) is 8.38. The number of carbonyl (C=O) groups is 2. The van der Waals surface area contributed by atoms with Crippen molar-refractivity contribution in [2.45, 2.75) is 26.2 Å². The standard InChI is InChI=1S/C24H23N5O4/c1-16-10-19-11-20(5-6-22(19)33-16)28-24(27-15-25)26-12-17-4-2-3-8-29(23(17)31)13-21(30)18-7-9-32-14-18/h5-7,9-12,14,17H,2-4,8,13H2,1H3,(H,27,28)/b26-12+. The van der Waals surface area contributed by atoms with E-state index in [9.17, 15) is 9.59 Å². The number of nitriles is 1. The van der Waals surface area contributed by atoms with Gasteiger partial charge in [0.15, 0.2) is 12.0 Å². The molecule has 1 aromatic carbocycles. The van der Waals surface area contributed by atoms with Crippen LogP contribution in [0.3, 0.4) is 0 Å². The van der Waals surface area contributed by atoms with Gasteiger partial charge in [0.1, 0.15) is 17.6 Å². The fourth-order valence-corrected chi connectivity index (χ4v) is 3.77. The molecule has 1 amide bonds. The molecule has 1 aliphatic rings. The number of nitrogens with zero attached hydrogens (tertiary/aromatic N) is 4. The van der Waals surface area contributed by atoms with Gasteiger partial charge in [0.2, 0.25) is 11.9 Å². The van der Waals surface area contributed by atoms with Crippen molar-refractivity contribution in [2.75, 3.05) is 13.1 Å². The average molecular weight is 445 g/mol. The molecule has 1 unspecified atom stereocenters. The minimum atomic E-state index is -0.505. The van der Waals surface area contributed by atoms with Crippen LogP contribution in [-0.2, 0) is 4.79 Å². The van der Waals surface area contributed by atoms with E-state index in [1.54, 1.807) is 23.1 Å². The Labute approximate surface area is 190 Å². The first-order valence-corrected chi connectivity index (χ1v) is 10.7. The van der Waals surface area contributed by atoms with Crippen molar-refractivity contribution in [3.63, 3.8) is 0 Å². The van der Waals surface area contributed by atoms with E-state index < -0.39 is 5.92 Å². The van der Waals surface area contributed by atoms with E-state index in [4.69, 9.17) is 14.1 Å². The monoisotopic (exact) mass is 445 g/mol. The molecular weight excluding hydrogens is 422 g/mol. The molecule has 1 saturated heterocycles. The highest BCUT2D eigenvalue weighted by molar-refractivity contribution is 6.03. The number of fused-ring (bicyclic) bond motifs is 1. The lowest BCUT2D eigenvalue weighted by Crippen LogP contribution is -2.39. The van der Waals surface area contributed by atoms with Gasteiger partial charge in [0.05, 0.1) is 30.0 Å². The Balaban J connectivity index is 1.50. The largest absolute Gasteiger partial charge is 0.472 e. The van der Waals surface area contributed by atoms with Crippen molar-refractivity contribution in [1.82, 2.24) is 10.2 Å². The second-order valence-corrected chi connectivity index (χ2v) is 7.83. The Kier molecular flexibility index (Phi) is 6.64. The summed E-state index contributed by atoms with van der Waals surface area (Å²) in [6.45, 7) is 2.37. The van der Waals surface area contributed by atoms with Gasteiger partial charge in [0, 0.05) is 18.1 Å². The van der Waals surface area contributed by atoms with E-state index in [2.05, 4.69) is 15.3 Å². The highest BCUT2D eigenvalue weighted by Gasteiger charge is 2.27. The smallest absolute Gasteiger partial charge is 0.236 e. The molecule has 0 aliphatic carbocycles. The Morgan fingerprint density at radius 1 is 1.33 bits per heavy atom. The Morgan fingerprint density at radius 3 is 3.00 bits per heavy atom. The average Bonchev–Trinajstić information content (AvgIpc) is 3.42. The number of aliphatic imine (C=N–C) groups is 2. The van der Waals surface area contributed by atoms with Crippen molar-refractivity contribution < 1.29 is 18.4 Å². The number of carbonyl (C=O) groups excluding carboxylic acids is 2. The van der Waals surface area contributed by atoms with Gasteiger partial charge >= 0.3 is 0 Å². The van der Waals surface area contributed by atoms with Gasteiger partial charge in [0.25, 0.3) is 0 Å². The second-order valence-electron chi connectivity index (χ2n) is 7.83. The van der Waals surface area contributed by atoms with E-state index in [0.29, 0.717) is 24.2 Å². The first-order valence-electron chi connectivity index (χ1n) is 10.7. The van der Waals surface area contributed by atoms with Gasteiger partial charge in [-0.25, -0.2) is 9.98 Å². The lowest BCUT2D eigenvalue weighted by atomic mass is 10.0. The van der Waals surface area contributed by atoms with Gasteiger partial charge < -0.3 is 13.7 Å². The number of hydrogen-bond acceptors (Lipinski definition) is 6. The van der Waals surface area contributed by atoms with Crippen molar-refractivity contribution in [1.29, 1.82) is 5.26 Å². The lowest BCUT2D eigenvalue weighted by Gasteiger charge is -2.21. The number of ketones is 1. The molecule has 2 aromatic heterocycles. The molecule has 3 heterocycles. The highest BCUT2D eigenvalue weighted by atomic mass is 16.3. The molecule has 9 heteroatoms. The molecule has 9 nitrogen and oxygen atoms in total. The molecular formula is C24H23N5O4. The van der Waals surface area contributed by atoms with Crippen LogP contribution >= 0.6 is 0 Å². The van der Waals surface area contributed by atoms with Crippen LogP contribution in [0.1, 0.15) is 35.4 Å². The molecule has 0 spiro atoms. The SMILES string of the molecule is Cc1cc2cc(N=C(/N=C/C3CCCCN(CC(=O)c4ccoc4)C3=O)NC#N)ccc2o1. The summed E-state index contributed by atoms with van der Waals surface area (Å²) in [6, 6.07) is 8.89. The molecule has 1 aliphatic heterocycles. The molecule has 3 aromatic rings. The molecule has 1 fully saturated rings. The first kappa shape index (κ1) is 22.0. The number of amides is 1. The van der Waals surface area contributed by atoms with Crippen LogP contribution in [0.25, 0.3) is 11.0 Å². The molecule has 1 atom stereocenters. The molecule has 4 rings (SSSR count). The van der Waals surface area contributed by atoms with Crippen LogP contribution in [-0.4, -0.2) is 41.9 Å². The van der Waals surface area contributed by atoms with Crippen LogP contribution < -0.4 is 5.32 Å². The normalized spacial score (nSPS) is 17.3. The predicted octanol–water partition coefficient (Wildman–Crippen LogP) is 3.97. The summed E-state index contributed by atoms with van der Waals surface area (Å²) in [4.78, 5) is 35.7. The third-order valence-corrected chi connectivity index (χ3v) is 5.40. The van der Waals surface area contributed by atoms with Crippen LogP contribution in [0.15, 0.2) is 61.7 Å². The van der Waals surface area contributed by atoms with Crippen LogP contribution in [0.2, 0.25) is 0 Å². The van der Waals surface area contributed by atoms with E-state index in [1.165, 1.54) is 18.7 Å². The summed E-state index contributed by atoms with van der Waals surface area (Å²) in [5, 5.41) is 12.5. The van der Waals surface area contributed by atoms with Crippen LogP contribution in [0, 0.1) is 24.3 Å². The zero-order chi connectivity index (χ0) is 23.2. The first-order chi connectivity index (χ1) is 16.0. The summed E-state index contributed by atoms with van der Waals surface area (Å²) in [5.74, 6) is 0.0272. The zero-order valence-corrected chi connectivity index (χ0v) is 18.2. The van der Waals surface area contributed by atoms with Gasteiger partial charge in [-0.15, -0.1) is 0 Å². The maximum Gasteiger partial charge on any atom is 0.236 e. The molecule has 0 radical (unpaired) electrons. The molecule has 1 N–H and O–H groups in total. The lowest BCUT2D eigenvalue weighted by molar-refractivity contribution is -0.132. The van der Waals surface area contributed by atoms with E-state index in [1.807, 2.05) is 25.2 Å². The number of likely N-dealkylation sites (tertiary alicyclic amines) is 1. The maximum absolute atomic E-state index is 13.1. The van der Waals surface area contributed by atoms with Gasteiger partial charge in [-0.05, 0) is 50.1 Å². The number of benzene rings is 1. The number of nitrogens with one attached hydrogen (secondary N) is 1. The minimum absolute atomic E-state index is 0.00969. The number of rotatable bonds is 5.